The first kappa shape index (κ1) is 38.0. The summed E-state index contributed by atoms with van der Waals surface area (Å²) in [5.74, 6) is -9.73. The van der Waals surface area contributed by atoms with Crippen molar-refractivity contribution in [1.29, 1.82) is 0 Å². The van der Waals surface area contributed by atoms with Gasteiger partial charge in [0.1, 0.15) is 11.5 Å². The number of benzene rings is 3. The number of aromatic nitrogens is 1. The maximum atomic E-state index is 15.4. The SMILES string of the molecule is COc1cc(O)ccc1[C@H]1C2=CC[C@@H]3C(=O)N(c4cccc(C(=O)O)c4)C(=O)[C@@H]3[C@@H]2C[C@H]2C(=O)N(Nc3ncc(C(F)(F)F)cc3Cl)C(=O)[C@@]12c1ccc(Cl)cc1. The zero-order valence-corrected chi connectivity index (χ0v) is 31.0. The predicted molar refractivity (Wildman–Crippen MR) is 197 cm³/mol. The number of phenols is 1. The molecule has 4 amide bonds. The maximum Gasteiger partial charge on any atom is 0.417 e. The zero-order valence-electron chi connectivity index (χ0n) is 29.5. The fourth-order valence-corrected chi connectivity index (χ4v) is 9.43. The highest BCUT2D eigenvalue weighted by Crippen LogP contribution is 2.65. The van der Waals surface area contributed by atoms with Gasteiger partial charge in [-0.1, -0.05) is 59.1 Å². The number of alkyl halides is 3. The van der Waals surface area contributed by atoms with Crippen LogP contribution in [0.15, 0.2) is 90.6 Å². The second-order valence-electron chi connectivity index (χ2n) is 14.2. The van der Waals surface area contributed by atoms with Gasteiger partial charge in [0, 0.05) is 28.8 Å². The molecular formula is C40H29Cl2F3N4O8. The number of rotatable bonds is 7. The maximum absolute atomic E-state index is 15.4. The number of hydrazine groups is 1. The van der Waals surface area contributed by atoms with E-state index in [1.54, 1.807) is 18.2 Å². The fourth-order valence-electron chi connectivity index (χ4n) is 9.10. The lowest BCUT2D eigenvalue weighted by Crippen LogP contribution is -2.53. The van der Waals surface area contributed by atoms with E-state index in [1.165, 1.54) is 61.7 Å². The minimum Gasteiger partial charge on any atom is -0.508 e. The van der Waals surface area contributed by atoms with Crippen molar-refractivity contribution in [3.63, 3.8) is 0 Å². The van der Waals surface area contributed by atoms with Crippen molar-refractivity contribution in [3.8, 4) is 11.5 Å². The number of imide groups is 2. The first-order valence-corrected chi connectivity index (χ1v) is 18.2. The molecule has 3 heterocycles. The molecule has 0 unspecified atom stereocenters. The molecule has 0 bridgehead atoms. The van der Waals surface area contributed by atoms with Gasteiger partial charge in [0.25, 0.3) is 11.8 Å². The standard InChI is InChI=1S/C40H29Cl2F3N4O8/c1-57-30-15-23(50)9-10-25(30)32-24-11-12-26-31(36(53)48(34(26)51)22-4-2-3-18(13-22)37(54)55)27(24)16-28-35(52)49(38(56)39(28,32)19-5-7-21(41)8-6-19)47-33-29(42)14-20(17-46-33)40(43,44)45/h2-11,13-15,17,26-28,31-32,50H,12,16H2,1H3,(H,46,47)(H,54,55)/t26-,27+,28-,31-,32+,39+/m0/s1. The topological polar surface area (TPSA) is 166 Å². The number of carboxylic acids is 1. The Morgan fingerprint density at radius 3 is 2.37 bits per heavy atom. The largest absolute Gasteiger partial charge is 0.508 e. The van der Waals surface area contributed by atoms with E-state index in [2.05, 4.69) is 10.4 Å². The number of hydrogen-bond acceptors (Lipinski definition) is 9. The summed E-state index contributed by atoms with van der Waals surface area (Å²) in [6, 6.07) is 16.5. The number of anilines is 2. The van der Waals surface area contributed by atoms with Gasteiger partial charge < -0.3 is 14.9 Å². The highest BCUT2D eigenvalue weighted by atomic mass is 35.5. The Morgan fingerprint density at radius 1 is 0.965 bits per heavy atom. The van der Waals surface area contributed by atoms with Crippen LogP contribution in [-0.2, 0) is 30.8 Å². The number of aromatic carboxylic acids is 1. The Balaban J connectivity index is 1.32. The van der Waals surface area contributed by atoms with Gasteiger partial charge in [-0.2, -0.15) is 18.2 Å². The van der Waals surface area contributed by atoms with Crippen LogP contribution in [0, 0.1) is 23.7 Å². The summed E-state index contributed by atoms with van der Waals surface area (Å²) in [5, 5.41) is 20.6. The number of carbonyl (C=O) groups is 5. The molecule has 2 aliphatic carbocycles. The van der Waals surface area contributed by atoms with E-state index in [9.17, 15) is 42.6 Å². The number of amides is 4. The van der Waals surface area contributed by atoms with Crippen molar-refractivity contribution < 1.29 is 52.1 Å². The lowest BCUT2D eigenvalue weighted by atomic mass is 9.49. The summed E-state index contributed by atoms with van der Waals surface area (Å²) in [7, 11) is 1.35. The van der Waals surface area contributed by atoms with Crippen LogP contribution in [0.1, 0.15) is 45.8 Å². The van der Waals surface area contributed by atoms with Gasteiger partial charge >= 0.3 is 12.1 Å². The molecule has 17 heteroatoms. The van der Waals surface area contributed by atoms with Crippen LogP contribution in [0.3, 0.4) is 0 Å². The molecule has 4 aromatic rings. The number of nitrogens with zero attached hydrogens (tertiary/aromatic N) is 3. The summed E-state index contributed by atoms with van der Waals surface area (Å²) >= 11 is 12.6. The molecule has 292 valence electrons. The lowest BCUT2D eigenvalue weighted by Gasteiger charge is -2.50. The van der Waals surface area contributed by atoms with Crippen molar-refractivity contribution in [2.45, 2.75) is 30.4 Å². The Labute approximate surface area is 331 Å². The molecule has 12 nitrogen and oxygen atoms in total. The molecule has 8 rings (SSSR count). The Morgan fingerprint density at radius 2 is 1.70 bits per heavy atom. The normalized spacial score (nSPS) is 25.5. The summed E-state index contributed by atoms with van der Waals surface area (Å²) < 4.78 is 46.2. The smallest absolute Gasteiger partial charge is 0.417 e. The van der Waals surface area contributed by atoms with Crippen molar-refractivity contribution in [1.82, 2.24) is 9.99 Å². The number of methoxy groups -OCH3 is 1. The van der Waals surface area contributed by atoms with Crippen LogP contribution in [0.2, 0.25) is 10.0 Å². The monoisotopic (exact) mass is 820 g/mol. The van der Waals surface area contributed by atoms with E-state index < -0.39 is 87.2 Å². The summed E-state index contributed by atoms with van der Waals surface area (Å²) in [6.07, 6.45) is -2.60. The molecule has 57 heavy (non-hydrogen) atoms. The molecule has 2 aliphatic heterocycles. The number of allylic oxidation sites excluding steroid dienone is 2. The molecule has 3 N–H and O–H groups in total. The molecule has 3 fully saturated rings. The molecule has 0 radical (unpaired) electrons. The summed E-state index contributed by atoms with van der Waals surface area (Å²) in [5.41, 5.74) is 0.703. The third-order valence-corrected chi connectivity index (χ3v) is 12.0. The molecule has 1 saturated carbocycles. The number of halogens is 5. The fraction of sp³-hybridized carbons (Fsp3) is 0.250. The highest BCUT2D eigenvalue weighted by Gasteiger charge is 2.71. The first-order valence-electron chi connectivity index (χ1n) is 17.5. The highest BCUT2D eigenvalue weighted by molar-refractivity contribution is 6.33. The second-order valence-corrected chi connectivity index (χ2v) is 15.1. The summed E-state index contributed by atoms with van der Waals surface area (Å²) in [4.78, 5) is 75.4. The van der Waals surface area contributed by atoms with Crippen molar-refractivity contribution in [2.75, 3.05) is 17.4 Å². The summed E-state index contributed by atoms with van der Waals surface area (Å²) in [6.45, 7) is 0. The average Bonchev–Trinajstić information content (AvgIpc) is 3.56. The van der Waals surface area contributed by atoms with Crippen LogP contribution in [-0.4, -0.2) is 56.9 Å². The van der Waals surface area contributed by atoms with Gasteiger partial charge in [-0.05, 0) is 66.8 Å². The van der Waals surface area contributed by atoms with Crippen LogP contribution < -0.4 is 15.1 Å². The Kier molecular flexibility index (Phi) is 9.08. The van der Waals surface area contributed by atoms with Crippen LogP contribution >= 0.6 is 23.2 Å². The number of hydrogen-bond donors (Lipinski definition) is 3. The van der Waals surface area contributed by atoms with Gasteiger partial charge in [-0.3, -0.25) is 29.5 Å². The number of carbonyl (C=O) groups excluding carboxylic acids is 4. The number of carboxylic acid groups (broad SMARTS) is 1. The third-order valence-electron chi connectivity index (χ3n) is 11.4. The second kappa shape index (κ2) is 13.6. The number of ether oxygens (including phenoxy) is 1. The Bertz CT molecular complexity index is 2440. The molecule has 2 saturated heterocycles. The molecule has 1 aromatic heterocycles. The Hall–Kier alpha value is -5.93. The van der Waals surface area contributed by atoms with Gasteiger partial charge in [0.05, 0.1) is 52.1 Å². The average molecular weight is 822 g/mol. The van der Waals surface area contributed by atoms with Crippen molar-refractivity contribution in [3.05, 3.63) is 123 Å². The van der Waals surface area contributed by atoms with Gasteiger partial charge in [-0.25, -0.2) is 9.78 Å². The minimum absolute atomic E-state index is 0.0453. The lowest BCUT2D eigenvalue weighted by molar-refractivity contribution is -0.139. The van der Waals surface area contributed by atoms with Crippen LogP contribution in [0.25, 0.3) is 0 Å². The van der Waals surface area contributed by atoms with Crippen LogP contribution in [0.4, 0.5) is 24.7 Å². The molecule has 4 aliphatic rings. The quantitative estimate of drug-likeness (QED) is 0.130. The van der Waals surface area contributed by atoms with E-state index >= 15 is 4.79 Å². The van der Waals surface area contributed by atoms with Gasteiger partial charge in [0.15, 0.2) is 5.82 Å². The van der Waals surface area contributed by atoms with Crippen molar-refractivity contribution in [2.24, 2.45) is 23.7 Å². The molecule has 6 atom stereocenters. The number of aromatic hydroxyl groups is 1. The number of phenolic OH excluding ortho intramolecular Hbond substituents is 1. The van der Waals surface area contributed by atoms with Crippen LogP contribution in [0.5, 0.6) is 11.5 Å². The van der Waals surface area contributed by atoms with Gasteiger partial charge in [0.2, 0.25) is 11.8 Å². The molecule has 3 aromatic carbocycles. The van der Waals surface area contributed by atoms with Crippen molar-refractivity contribution >= 4 is 64.3 Å². The minimum atomic E-state index is -4.78. The van der Waals surface area contributed by atoms with E-state index in [0.717, 1.165) is 4.90 Å². The van der Waals surface area contributed by atoms with Gasteiger partial charge in [-0.15, -0.1) is 0 Å². The van der Waals surface area contributed by atoms with E-state index in [0.29, 0.717) is 39.0 Å². The number of nitrogens with one attached hydrogen (secondary N) is 1. The van der Waals surface area contributed by atoms with E-state index in [-0.39, 0.29) is 35.6 Å². The third kappa shape index (κ3) is 5.81. The molecular weight excluding hydrogens is 792 g/mol. The molecule has 0 spiro atoms. The first-order chi connectivity index (χ1) is 27.1. The predicted octanol–water partition coefficient (Wildman–Crippen LogP) is 7.01. The number of fused-ring (bicyclic) bond motifs is 4. The van der Waals surface area contributed by atoms with E-state index in [1.807, 2.05) is 0 Å². The zero-order chi connectivity index (χ0) is 40.7. The number of pyridine rings is 1. The van der Waals surface area contributed by atoms with E-state index in [4.69, 9.17) is 27.9 Å².